The lowest BCUT2D eigenvalue weighted by Crippen LogP contribution is -2.60. The molecule has 7 nitrogen and oxygen atoms in total. The minimum absolute atomic E-state index is 0.0461. The van der Waals surface area contributed by atoms with Crippen LogP contribution >= 0.6 is 11.8 Å². The fraction of sp³-hybridized carbons (Fsp3) is 0.294. The highest BCUT2D eigenvalue weighted by molar-refractivity contribution is 7.99. The van der Waals surface area contributed by atoms with Gasteiger partial charge in [-0.3, -0.25) is 4.18 Å². The van der Waals surface area contributed by atoms with Gasteiger partial charge >= 0.3 is 15.6 Å². The maximum atomic E-state index is 13.3. The minimum atomic E-state index is -5.91. The number of alkyl halides is 3. The van der Waals surface area contributed by atoms with Crippen molar-refractivity contribution in [1.82, 2.24) is 0 Å². The van der Waals surface area contributed by atoms with E-state index in [-0.39, 0.29) is 19.8 Å². The second-order valence-corrected chi connectivity index (χ2v) is 13.2. The third kappa shape index (κ3) is 9.41. The molecule has 1 heterocycles. The van der Waals surface area contributed by atoms with Gasteiger partial charge in [0.1, 0.15) is 29.9 Å². The summed E-state index contributed by atoms with van der Waals surface area (Å²) in [6.45, 7) is -0.603. The summed E-state index contributed by atoms with van der Waals surface area (Å²) >= 11 is 1.28. The van der Waals surface area contributed by atoms with E-state index in [1.54, 1.807) is 0 Å². The Morgan fingerprint density at radius 1 is 0.609 bits per heavy atom. The fourth-order valence-electron chi connectivity index (χ4n) is 4.83. The molecule has 0 unspecified atom stereocenters. The van der Waals surface area contributed by atoms with Gasteiger partial charge in [0.25, 0.3) is 0 Å². The number of benzene rings is 4. The summed E-state index contributed by atoms with van der Waals surface area (Å²) < 4.78 is 94.0. The van der Waals surface area contributed by atoms with Gasteiger partial charge in [0, 0.05) is 4.90 Å². The van der Waals surface area contributed by atoms with Gasteiger partial charge in [0.15, 0.2) is 0 Å². The number of halogens is 3. The highest BCUT2D eigenvalue weighted by atomic mass is 32.2. The average molecular weight is 675 g/mol. The molecule has 1 aliphatic rings. The molecule has 0 spiro atoms. The Morgan fingerprint density at radius 2 is 1.02 bits per heavy atom. The Balaban J connectivity index is 1.51. The first-order chi connectivity index (χ1) is 22.2. The lowest BCUT2D eigenvalue weighted by Gasteiger charge is -2.46. The Kier molecular flexibility index (Phi) is 11.9. The average Bonchev–Trinajstić information content (AvgIpc) is 3.06. The summed E-state index contributed by atoms with van der Waals surface area (Å²) in [6, 6.07) is 37.3. The third-order valence-corrected chi connectivity index (χ3v) is 9.28. The van der Waals surface area contributed by atoms with Crippen molar-refractivity contribution in [3.63, 3.8) is 0 Å². The molecule has 12 heteroatoms. The molecule has 0 saturated carbocycles. The summed E-state index contributed by atoms with van der Waals surface area (Å²) in [5.41, 5.74) is -3.93. The van der Waals surface area contributed by atoms with Crippen LogP contribution in [0.3, 0.4) is 0 Å². The van der Waals surface area contributed by atoms with Crippen molar-refractivity contribution < 1.29 is 44.7 Å². The quantitative estimate of drug-likeness (QED) is 0.103. The largest absolute Gasteiger partial charge is 0.523 e. The Morgan fingerprint density at radius 3 is 1.48 bits per heavy atom. The van der Waals surface area contributed by atoms with Gasteiger partial charge in [-0.25, -0.2) is 0 Å². The lowest BCUT2D eigenvalue weighted by atomic mass is 9.99. The van der Waals surface area contributed by atoms with E-state index in [4.69, 9.17) is 18.9 Å². The summed E-state index contributed by atoms with van der Waals surface area (Å²) in [5.74, 6) is 0. The number of thioether (sulfide) groups is 1. The zero-order valence-corrected chi connectivity index (χ0v) is 26.2. The van der Waals surface area contributed by atoms with Gasteiger partial charge in [0.2, 0.25) is 0 Å². The van der Waals surface area contributed by atoms with Crippen LogP contribution in [0.5, 0.6) is 0 Å². The van der Waals surface area contributed by atoms with Crippen LogP contribution in [0.15, 0.2) is 126 Å². The Labute approximate surface area is 270 Å². The second kappa shape index (κ2) is 16.1. The van der Waals surface area contributed by atoms with Crippen LogP contribution in [0.25, 0.3) is 0 Å². The molecule has 46 heavy (non-hydrogen) atoms. The molecule has 5 rings (SSSR count). The Bertz CT molecular complexity index is 1580. The standard InChI is InChI=1S/C34H33F3O7S2/c35-34(36,37)46(38,39)43-24-29-30(40-21-25-13-5-1-6-14-25)31(41-22-26-15-7-2-8-16-26)32(42-23-27-17-9-3-10-18-27)33(44-29)45-28-19-11-4-12-20-28/h1-20,29-33H,21-24H2/t29-,30-,31+,32-,33-/m1/s1. The lowest BCUT2D eigenvalue weighted by molar-refractivity contribution is -0.250. The van der Waals surface area contributed by atoms with Gasteiger partial charge in [0.05, 0.1) is 26.4 Å². The second-order valence-electron chi connectivity index (χ2n) is 10.4. The molecule has 5 atom stereocenters. The molecule has 0 amide bonds. The number of rotatable bonds is 14. The van der Waals surface area contributed by atoms with Crippen molar-refractivity contribution in [2.24, 2.45) is 0 Å². The summed E-state index contributed by atoms with van der Waals surface area (Å²) in [7, 11) is -5.91. The molecule has 1 aliphatic heterocycles. The van der Waals surface area contributed by atoms with Gasteiger partial charge in [-0.15, -0.1) is 0 Å². The van der Waals surface area contributed by atoms with E-state index in [1.807, 2.05) is 121 Å². The van der Waals surface area contributed by atoms with Crippen molar-refractivity contribution in [3.8, 4) is 0 Å². The van der Waals surface area contributed by atoms with Crippen LogP contribution in [-0.2, 0) is 53.1 Å². The van der Waals surface area contributed by atoms with Crippen LogP contribution in [0.4, 0.5) is 13.2 Å². The minimum Gasteiger partial charge on any atom is -0.368 e. The normalized spacial score (nSPS) is 22.0. The van der Waals surface area contributed by atoms with Crippen molar-refractivity contribution in [2.45, 2.75) is 60.1 Å². The van der Waals surface area contributed by atoms with E-state index in [2.05, 4.69) is 4.18 Å². The van der Waals surface area contributed by atoms with Gasteiger partial charge in [-0.05, 0) is 28.8 Å². The Hall–Kier alpha value is -3.23. The van der Waals surface area contributed by atoms with E-state index >= 15 is 0 Å². The number of ether oxygens (including phenoxy) is 4. The van der Waals surface area contributed by atoms with E-state index in [1.165, 1.54) is 11.8 Å². The van der Waals surface area contributed by atoms with Gasteiger partial charge in [-0.2, -0.15) is 21.6 Å². The third-order valence-electron chi connectivity index (χ3n) is 7.11. The molecule has 0 radical (unpaired) electrons. The van der Waals surface area contributed by atoms with Crippen LogP contribution < -0.4 is 0 Å². The maximum absolute atomic E-state index is 13.3. The van der Waals surface area contributed by atoms with Crippen LogP contribution in [0.2, 0.25) is 0 Å². The summed E-state index contributed by atoms with van der Waals surface area (Å²) in [5, 5.41) is 0. The SMILES string of the molecule is O=S(=O)(OC[C@H]1O[C@H](Sc2ccccc2)[C@H](OCc2ccccc2)[C@@H](OCc2ccccc2)[C@@H]1OCc1ccccc1)C(F)(F)F. The molecule has 0 aromatic heterocycles. The highest BCUT2D eigenvalue weighted by Crippen LogP contribution is 2.39. The molecule has 0 bridgehead atoms. The molecule has 0 N–H and O–H groups in total. The predicted octanol–water partition coefficient (Wildman–Crippen LogP) is 7.13. The fourth-order valence-corrected chi connectivity index (χ4v) is 6.43. The summed E-state index contributed by atoms with van der Waals surface area (Å²) in [4.78, 5) is 0.800. The first kappa shape index (κ1) is 34.1. The first-order valence-electron chi connectivity index (χ1n) is 14.5. The molecular weight excluding hydrogens is 641 g/mol. The monoisotopic (exact) mass is 674 g/mol. The van der Waals surface area contributed by atoms with E-state index < -0.39 is 52.1 Å². The van der Waals surface area contributed by atoms with Crippen LogP contribution in [0.1, 0.15) is 16.7 Å². The molecule has 244 valence electrons. The van der Waals surface area contributed by atoms with E-state index in [9.17, 15) is 21.6 Å². The molecule has 1 saturated heterocycles. The van der Waals surface area contributed by atoms with Crippen molar-refractivity contribution in [1.29, 1.82) is 0 Å². The topological polar surface area (TPSA) is 80.3 Å². The number of hydrogen-bond acceptors (Lipinski definition) is 8. The molecule has 1 fully saturated rings. The molecule has 0 aliphatic carbocycles. The van der Waals surface area contributed by atoms with E-state index in [0.29, 0.717) is 0 Å². The van der Waals surface area contributed by atoms with Crippen molar-refractivity contribution in [3.05, 3.63) is 138 Å². The summed E-state index contributed by atoms with van der Waals surface area (Å²) in [6.07, 6.45) is -4.07. The molecule has 4 aromatic carbocycles. The first-order valence-corrected chi connectivity index (χ1v) is 16.8. The van der Waals surface area contributed by atoms with Crippen LogP contribution in [0, 0.1) is 0 Å². The zero-order chi connectivity index (χ0) is 32.4. The van der Waals surface area contributed by atoms with Crippen molar-refractivity contribution in [2.75, 3.05) is 6.61 Å². The smallest absolute Gasteiger partial charge is 0.368 e. The highest BCUT2D eigenvalue weighted by Gasteiger charge is 2.52. The van der Waals surface area contributed by atoms with Crippen molar-refractivity contribution >= 4 is 21.9 Å². The zero-order valence-electron chi connectivity index (χ0n) is 24.6. The number of hydrogen-bond donors (Lipinski definition) is 0. The maximum Gasteiger partial charge on any atom is 0.523 e. The van der Waals surface area contributed by atoms with Gasteiger partial charge < -0.3 is 18.9 Å². The van der Waals surface area contributed by atoms with Crippen LogP contribution in [-0.4, -0.2) is 50.4 Å². The van der Waals surface area contributed by atoms with Gasteiger partial charge in [-0.1, -0.05) is 121 Å². The predicted molar refractivity (Wildman–Crippen MR) is 167 cm³/mol. The molecule has 4 aromatic rings. The molecular formula is C34H33F3O7S2. The van der Waals surface area contributed by atoms with E-state index in [0.717, 1.165) is 21.6 Å².